The number of hydrogen-bond acceptors (Lipinski definition) is 1. The van der Waals surface area contributed by atoms with Gasteiger partial charge in [-0.25, -0.2) is 0 Å². The lowest BCUT2D eigenvalue weighted by Gasteiger charge is -2.10. The Balaban J connectivity index is 2.95. The Hall–Kier alpha value is -0.0400. The van der Waals surface area contributed by atoms with E-state index in [1.165, 1.54) is 0 Å². The van der Waals surface area contributed by atoms with Gasteiger partial charge in [0.25, 0.3) is 0 Å². The molecule has 0 aliphatic carbocycles. The largest absolute Gasteiger partial charge is 0.305 e. The van der Waals surface area contributed by atoms with Crippen LogP contribution in [0.2, 0.25) is 0 Å². The summed E-state index contributed by atoms with van der Waals surface area (Å²) < 4.78 is 0. The van der Waals surface area contributed by atoms with E-state index in [1.54, 1.807) is 0 Å². The summed E-state index contributed by atoms with van der Waals surface area (Å²) in [6.07, 6.45) is 0. The molecule has 0 aliphatic rings. The third-order valence-electron chi connectivity index (χ3n) is 0.677. The first-order valence-corrected chi connectivity index (χ1v) is 2.64. The standard InChI is InChI=1S/C6H14N/c1-6(2)5-7(3)4/h6H,3,5H2,1-2,4H3. The Bertz CT molecular complexity index is 33.4. The summed E-state index contributed by atoms with van der Waals surface area (Å²) in [4.78, 5) is 1.95. The van der Waals surface area contributed by atoms with Gasteiger partial charge in [0.2, 0.25) is 0 Å². The summed E-state index contributed by atoms with van der Waals surface area (Å²) in [5, 5.41) is 0. The maximum Gasteiger partial charge on any atom is 0.0106 e. The van der Waals surface area contributed by atoms with Gasteiger partial charge in [0, 0.05) is 13.6 Å². The topological polar surface area (TPSA) is 3.24 Å². The Morgan fingerprint density at radius 2 is 2.00 bits per heavy atom. The van der Waals surface area contributed by atoms with Crippen LogP contribution in [0.5, 0.6) is 0 Å². The molecule has 0 spiro atoms. The minimum absolute atomic E-state index is 0.738. The molecule has 7 heavy (non-hydrogen) atoms. The van der Waals surface area contributed by atoms with Crippen LogP contribution in [-0.2, 0) is 0 Å². The third kappa shape index (κ3) is 5.96. The van der Waals surface area contributed by atoms with Crippen molar-refractivity contribution in [3.63, 3.8) is 0 Å². The summed E-state index contributed by atoms with van der Waals surface area (Å²) in [5.41, 5.74) is 0. The number of rotatable bonds is 2. The van der Waals surface area contributed by atoms with Crippen LogP contribution < -0.4 is 0 Å². The van der Waals surface area contributed by atoms with Gasteiger partial charge < -0.3 is 4.90 Å². The van der Waals surface area contributed by atoms with E-state index in [1.807, 2.05) is 11.9 Å². The molecule has 0 N–H and O–H groups in total. The number of nitrogens with zero attached hydrogens (tertiary/aromatic N) is 1. The van der Waals surface area contributed by atoms with E-state index in [9.17, 15) is 0 Å². The van der Waals surface area contributed by atoms with Crippen LogP contribution in [0.15, 0.2) is 0 Å². The van der Waals surface area contributed by atoms with E-state index < -0.39 is 0 Å². The van der Waals surface area contributed by atoms with E-state index in [2.05, 4.69) is 20.9 Å². The lowest BCUT2D eigenvalue weighted by molar-refractivity contribution is 0.385. The normalized spacial score (nSPS) is 11.1. The Morgan fingerprint density at radius 1 is 1.57 bits per heavy atom. The molecule has 1 heteroatoms. The lowest BCUT2D eigenvalue weighted by atomic mass is 10.2. The quantitative estimate of drug-likeness (QED) is 0.506. The molecule has 0 rings (SSSR count). The number of hydrogen-bond donors (Lipinski definition) is 0. The van der Waals surface area contributed by atoms with Crippen LogP contribution in [0.25, 0.3) is 0 Å². The molecule has 0 aromatic carbocycles. The molecule has 0 fully saturated rings. The van der Waals surface area contributed by atoms with Gasteiger partial charge in [0.05, 0.1) is 0 Å². The van der Waals surface area contributed by atoms with Gasteiger partial charge in [-0.3, -0.25) is 0 Å². The molecular weight excluding hydrogens is 86.1 g/mol. The SMILES string of the molecule is [CH2]N(C)CC(C)C. The fraction of sp³-hybridized carbons (Fsp3) is 0.833. The molecule has 0 aliphatic heterocycles. The van der Waals surface area contributed by atoms with Crippen LogP contribution in [-0.4, -0.2) is 18.5 Å². The summed E-state index contributed by atoms with van der Waals surface area (Å²) in [6, 6.07) is 0. The summed E-state index contributed by atoms with van der Waals surface area (Å²) in [5.74, 6) is 0.738. The highest BCUT2D eigenvalue weighted by Crippen LogP contribution is 1.91. The Kier molecular flexibility index (Phi) is 3.01. The second-order valence-electron chi connectivity index (χ2n) is 2.43. The van der Waals surface area contributed by atoms with Gasteiger partial charge in [-0.15, -0.1) is 0 Å². The van der Waals surface area contributed by atoms with E-state index in [0.29, 0.717) is 0 Å². The highest BCUT2D eigenvalue weighted by Gasteiger charge is 1.92. The van der Waals surface area contributed by atoms with Crippen molar-refractivity contribution in [1.29, 1.82) is 0 Å². The summed E-state index contributed by atoms with van der Waals surface area (Å²) in [6.45, 7) is 5.45. The van der Waals surface area contributed by atoms with Crippen molar-refractivity contribution in [3.8, 4) is 0 Å². The first-order chi connectivity index (χ1) is 3.13. The van der Waals surface area contributed by atoms with Gasteiger partial charge in [0.1, 0.15) is 0 Å². The highest BCUT2D eigenvalue weighted by molar-refractivity contribution is 4.49. The zero-order valence-corrected chi connectivity index (χ0v) is 5.44. The molecule has 0 aromatic rings. The van der Waals surface area contributed by atoms with Crippen molar-refractivity contribution in [3.05, 3.63) is 7.05 Å². The first kappa shape index (κ1) is 6.96. The zero-order valence-electron chi connectivity index (χ0n) is 5.44. The fourth-order valence-corrected chi connectivity index (χ4v) is 0.623. The molecule has 0 saturated carbocycles. The summed E-state index contributed by atoms with van der Waals surface area (Å²) >= 11 is 0. The zero-order chi connectivity index (χ0) is 5.86. The van der Waals surface area contributed by atoms with Gasteiger partial charge in [-0.1, -0.05) is 13.8 Å². The van der Waals surface area contributed by atoms with Crippen LogP contribution in [0.3, 0.4) is 0 Å². The van der Waals surface area contributed by atoms with Crippen molar-refractivity contribution >= 4 is 0 Å². The van der Waals surface area contributed by atoms with E-state index in [-0.39, 0.29) is 0 Å². The van der Waals surface area contributed by atoms with E-state index in [4.69, 9.17) is 0 Å². The van der Waals surface area contributed by atoms with Crippen molar-refractivity contribution in [2.75, 3.05) is 13.6 Å². The maximum absolute atomic E-state index is 3.71. The molecule has 0 heterocycles. The molecule has 1 nitrogen and oxygen atoms in total. The maximum atomic E-state index is 3.71. The minimum atomic E-state index is 0.738. The smallest absolute Gasteiger partial charge is 0.0106 e. The lowest BCUT2D eigenvalue weighted by Crippen LogP contribution is -2.15. The molecule has 0 saturated heterocycles. The Morgan fingerprint density at radius 3 is 2.00 bits per heavy atom. The predicted octanol–water partition coefficient (Wildman–Crippen LogP) is 1.37. The van der Waals surface area contributed by atoms with Gasteiger partial charge in [-0.2, -0.15) is 0 Å². The van der Waals surface area contributed by atoms with E-state index in [0.717, 1.165) is 12.5 Å². The minimum Gasteiger partial charge on any atom is -0.305 e. The molecule has 0 unspecified atom stereocenters. The van der Waals surface area contributed by atoms with Crippen LogP contribution in [0.1, 0.15) is 13.8 Å². The molecule has 1 radical (unpaired) electrons. The van der Waals surface area contributed by atoms with E-state index >= 15 is 0 Å². The van der Waals surface area contributed by atoms with Crippen molar-refractivity contribution in [1.82, 2.24) is 4.90 Å². The monoisotopic (exact) mass is 100 g/mol. The van der Waals surface area contributed by atoms with Gasteiger partial charge in [0.15, 0.2) is 0 Å². The third-order valence-corrected chi connectivity index (χ3v) is 0.677. The Labute approximate surface area is 46.3 Å². The molecular formula is C6H14N. The average molecular weight is 100 g/mol. The van der Waals surface area contributed by atoms with Gasteiger partial charge in [-0.05, 0) is 13.0 Å². The first-order valence-electron chi connectivity index (χ1n) is 2.64. The van der Waals surface area contributed by atoms with Gasteiger partial charge >= 0.3 is 0 Å². The summed E-state index contributed by atoms with van der Waals surface area (Å²) in [7, 11) is 5.70. The molecule has 0 amide bonds. The highest BCUT2D eigenvalue weighted by atomic mass is 15.0. The molecule has 0 aromatic heterocycles. The fourth-order valence-electron chi connectivity index (χ4n) is 0.623. The van der Waals surface area contributed by atoms with Crippen LogP contribution in [0.4, 0.5) is 0 Å². The molecule has 0 atom stereocenters. The molecule has 0 bridgehead atoms. The predicted molar refractivity (Wildman–Crippen MR) is 32.8 cm³/mol. The van der Waals surface area contributed by atoms with Crippen molar-refractivity contribution in [2.45, 2.75) is 13.8 Å². The van der Waals surface area contributed by atoms with Crippen LogP contribution >= 0.6 is 0 Å². The average Bonchev–Trinajstić information content (AvgIpc) is 1.27. The molecule has 43 valence electrons. The van der Waals surface area contributed by atoms with Crippen LogP contribution in [0, 0.1) is 13.0 Å². The second kappa shape index (κ2) is 3.03. The van der Waals surface area contributed by atoms with Crippen molar-refractivity contribution in [2.24, 2.45) is 5.92 Å². The second-order valence-corrected chi connectivity index (χ2v) is 2.43. The van der Waals surface area contributed by atoms with Crippen molar-refractivity contribution < 1.29 is 0 Å².